The molecule has 4 heteroatoms. The molecule has 0 bridgehead atoms. The summed E-state index contributed by atoms with van der Waals surface area (Å²) < 4.78 is 2.04. The molecule has 158 valence electrons. The van der Waals surface area contributed by atoms with Gasteiger partial charge in [0.25, 0.3) is 0 Å². The van der Waals surface area contributed by atoms with Gasteiger partial charge in [-0.15, -0.1) is 0 Å². The van der Waals surface area contributed by atoms with E-state index in [1.54, 1.807) is 0 Å². The molecule has 1 aromatic heterocycles. The third kappa shape index (κ3) is 3.87. The van der Waals surface area contributed by atoms with Crippen LogP contribution in [0.4, 0.5) is 5.69 Å². The van der Waals surface area contributed by atoms with Crippen molar-refractivity contribution in [1.29, 1.82) is 0 Å². The molecule has 0 saturated heterocycles. The first-order valence-electron chi connectivity index (χ1n) is 10.9. The van der Waals surface area contributed by atoms with E-state index in [1.807, 2.05) is 47.0 Å². The van der Waals surface area contributed by atoms with Gasteiger partial charge in [-0.25, -0.2) is 4.98 Å². The molecule has 5 aromatic rings. The number of aromatic nitrogens is 2. The highest BCUT2D eigenvalue weighted by Gasteiger charge is 2.15. The molecule has 0 saturated carbocycles. The Labute approximate surface area is 187 Å². The number of nitrogens with one attached hydrogen (secondary N) is 1. The largest absolute Gasteiger partial charge is 0.325 e. The Morgan fingerprint density at radius 2 is 1.66 bits per heavy atom. The minimum atomic E-state index is -0.0597. The topological polar surface area (TPSA) is 46.9 Å². The van der Waals surface area contributed by atoms with Crippen molar-refractivity contribution in [3.63, 3.8) is 0 Å². The van der Waals surface area contributed by atoms with Crippen LogP contribution < -0.4 is 5.32 Å². The molecule has 0 fully saturated rings. The lowest BCUT2D eigenvalue weighted by molar-refractivity contribution is -0.116. The van der Waals surface area contributed by atoms with Gasteiger partial charge < -0.3 is 9.88 Å². The number of aryl methyl sites for hydroxylation is 2. The van der Waals surface area contributed by atoms with Gasteiger partial charge >= 0.3 is 0 Å². The number of hydrogen-bond acceptors (Lipinski definition) is 2. The van der Waals surface area contributed by atoms with Crippen LogP contribution >= 0.6 is 0 Å². The summed E-state index contributed by atoms with van der Waals surface area (Å²) in [6.45, 7) is 4.34. The molecule has 0 aliphatic heterocycles. The highest BCUT2D eigenvalue weighted by Crippen LogP contribution is 2.24. The van der Waals surface area contributed by atoms with Crippen molar-refractivity contribution in [2.45, 2.75) is 26.8 Å². The van der Waals surface area contributed by atoms with E-state index in [4.69, 9.17) is 4.98 Å². The number of para-hydroxylation sites is 2. The monoisotopic (exact) mass is 419 g/mol. The van der Waals surface area contributed by atoms with Gasteiger partial charge in [0, 0.05) is 12.1 Å². The number of carbonyl (C=O) groups excluding carboxylic acids is 1. The van der Waals surface area contributed by atoms with Gasteiger partial charge in [-0.05, 0) is 65.6 Å². The highest BCUT2D eigenvalue weighted by molar-refractivity contribution is 5.92. The van der Waals surface area contributed by atoms with Gasteiger partial charge in [0.2, 0.25) is 5.91 Å². The maximum Gasteiger partial charge on any atom is 0.244 e. The molecule has 1 amide bonds. The Hall–Kier alpha value is -3.92. The molecule has 0 radical (unpaired) electrons. The van der Waals surface area contributed by atoms with Crippen molar-refractivity contribution in [3.05, 3.63) is 107 Å². The molecule has 4 nitrogen and oxygen atoms in total. The summed E-state index contributed by atoms with van der Waals surface area (Å²) in [6.07, 6.45) is 0.660. The van der Waals surface area contributed by atoms with Gasteiger partial charge in [0.15, 0.2) is 0 Å². The molecule has 0 spiro atoms. The van der Waals surface area contributed by atoms with E-state index in [9.17, 15) is 4.79 Å². The SMILES string of the molecule is Cc1ccc(NC(=O)Cn2c(Cc3cccc4ccccc34)nc3ccccc32)cc1C. The third-order valence-electron chi connectivity index (χ3n) is 6.05. The summed E-state index contributed by atoms with van der Waals surface area (Å²) in [5.41, 5.74) is 6.26. The fourth-order valence-corrected chi connectivity index (χ4v) is 4.22. The predicted octanol–water partition coefficient (Wildman–Crippen LogP) is 6.04. The Balaban J connectivity index is 1.49. The molecule has 5 rings (SSSR count). The molecule has 32 heavy (non-hydrogen) atoms. The van der Waals surface area contributed by atoms with E-state index in [-0.39, 0.29) is 12.5 Å². The van der Waals surface area contributed by atoms with Crippen molar-refractivity contribution in [3.8, 4) is 0 Å². The van der Waals surface area contributed by atoms with Crippen LogP contribution in [-0.2, 0) is 17.8 Å². The highest BCUT2D eigenvalue weighted by atomic mass is 16.1. The van der Waals surface area contributed by atoms with Crippen molar-refractivity contribution < 1.29 is 4.79 Å². The van der Waals surface area contributed by atoms with Crippen LogP contribution in [0.15, 0.2) is 84.9 Å². The fraction of sp³-hybridized carbons (Fsp3) is 0.143. The normalized spacial score (nSPS) is 11.2. The summed E-state index contributed by atoms with van der Waals surface area (Å²) >= 11 is 0. The number of amides is 1. The van der Waals surface area contributed by atoms with E-state index >= 15 is 0 Å². The first-order valence-corrected chi connectivity index (χ1v) is 10.9. The first-order chi connectivity index (χ1) is 15.6. The molecule has 1 heterocycles. The second kappa shape index (κ2) is 8.31. The number of benzene rings is 4. The lowest BCUT2D eigenvalue weighted by Gasteiger charge is -2.12. The Morgan fingerprint density at radius 1 is 0.875 bits per heavy atom. The lowest BCUT2D eigenvalue weighted by Crippen LogP contribution is -2.20. The summed E-state index contributed by atoms with van der Waals surface area (Å²) in [6, 6.07) is 28.7. The Bertz CT molecular complexity index is 1440. The van der Waals surface area contributed by atoms with E-state index in [0.29, 0.717) is 6.42 Å². The fourth-order valence-electron chi connectivity index (χ4n) is 4.22. The van der Waals surface area contributed by atoms with Gasteiger partial charge in [0.05, 0.1) is 11.0 Å². The maximum atomic E-state index is 13.0. The molecular formula is C28H25N3O. The number of hydrogen-bond donors (Lipinski definition) is 1. The van der Waals surface area contributed by atoms with Crippen molar-refractivity contribution >= 4 is 33.4 Å². The van der Waals surface area contributed by atoms with E-state index < -0.39 is 0 Å². The first kappa shape index (κ1) is 20.0. The summed E-state index contributed by atoms with van der Waals surface area (Å²) in [5.74, 6) is 0.827. The molecule has 0 aliphatic rings. The smallest absolute Gasteiger partial charge is 0.244 e. The number of fused-ring (bicyclic) bond motifs is 2. The zero-order valence-electron chi connectivity index (χ0n) is 18.3. The van der Waals surface area contributed by atoms with Crippen molar-refractivity contribution in [2.75, 3.05) is 5.32 Å². The number of carbonyl (C=O) groups is 1. The number of rotatable bonds is 5. The minimum absolute atomic E-state index is 0.0597. The Kier molecular flexibility index (Phi) is 5.20. The average molecular weight is 420 g/mol. The van der Waals surface area contributed by atoms with E-state index in [1.165, 1.54) is 21.9 Å². The van der Waals surface area contributed by atoms with Crippen LogP contribution in [0.25, 0.3) is 21.8 Å². The zero-order chi connectivity index (χ0) is 22.1. The second-order valence-corrected chi connectivity index (χ2v) is 8.27. The van der Waals surface area contributed by atoms with Crippen molar-refractivity contribution in [2.24, 2.45) is 0 Å². The average Bonchev–Trinajstić information content (AvgIpc) is 3.13. The predicted molar refractivity (Wildman–Crippen MR) is 131 cm³/mol. The molecule has 0 unspecified atom stereocenters. The van der Waals surface area contributed by atoms with Gasteiger partial charge in [-0.2, -0.15) is 0 Å². The van der Waals surface area contributed by atoms with Crippen LogP contribution in [0.1, 0.15) is 22.5 Å². The van der Waals surface area contributed by atoms with E-state index in [0.717, 1.165) is 28.1 Å². The summed E-state index contributed by atoms with van der Waals surface area (Å²) in [7, 11) is 0. The quantitative estimate of drug-likeness (QED) is 0.378. The van der Waals surface area contributed by atoms with Crippen LogP contribution in [0, 0.1) is 13.8 Å². The summed E-state index contributed by atoms with van der Waals surface area (Å²) in [5, 5.41) is 5.47. The van der Waals surface area contributed by atoms with Gasteiger partial charge in [-0.3, -0.25) is 4.79 Å². The molecule has 4 aromatic carbocycles. The van der Waals surface area contributed by atoms with Crippen LogP contribution in [0.2, 0.25) is 0 Å². The second-order valence-electron chi connectivity index (χ2n) is 8.27. The maximum absolute atomic E-state index is 13.0. The van der Waals surface area contributed by atoms with Crippen LogP contribution in [-0.4, -0.2) is 15.5 Å². The van der Waals surface area contributed by atoms with Crippen LogP contribution in [0.3, 0.4) is 0 Å². The third-order valence-corrected chi connectivity index (χ3v) is 6.05. The Morgan fingerprint density at radius 3 is 2.53 bits per heavy atom. The molecule has 0 aliphatic carbocycles. The van der Waals surface area contributed by atoms with Gasteiger partial charge in [0.1, 0.15) is 12.4 Å². The number of nitrogens with zero attached hydrogens (tertiary/aromatic N) is 2. The van der Waals surface area contributed by atoms with Crippen molar-refractivity contribution in [1.82, 2.24) is 9.55 Å². The standard InChI is InChI=1S/C28H25N3O/c1-19-14-15-23(16-20(19)2)29-28(32)18-31-26-13-6-5-12-25(26)30-27(31)17-22-10-7-9-21-8-3-4-11-24(21)22/h3-16H,17-18H2,1-2H3,(H,29,32). The number of imidazole rings is 1. The molecule has 0 atom stereocenters. The van der Waals surface area contributed by atoms with Crippen LogP contribution in [0.5, 0.6) is 0 Å². The summed E-state index contributed by atoms with van der Waals surface area (Å²) in [4.78, 5) is 17.9. The molecule has 1 N–H and O–H groups in total. The number of anilines is 1. The molecular weight excluding hydrogens is 394 g/mol. The lowest BCUT2D eigenvalue weighted by atomic mass is 10.0. The minimum Gasteiger partial charge on any atom is -0.325 e. The van der Waals surface area contributed by atoms with E-state index in [2.05, 4.69) is 61.6 Å². The van der Waals surface area contributed by atoms with Gasteiger partial charge in [-0.1, -0.05) is 60.7 Å². The zero-order valence-corrected chi connectivity index (χ0v) is 18.3.